The van der Waals surface area contributed by atoms with Crippen LogP contribution in [0.15, 0.2) is 75.6 Å². The summed E-state index contributed by atoms with van der Waals surface area (Å²) >= 11 is 3.38. The van der Waals surface area contributed by atoms with Crippen molar-refractivity contribution in [1.29, 1.82) is 0 Å². The second kappa shape index (κ2) is 10.6. The lowest BCUT2D eigenvalue weighted by Gasteiger charge is -2.12. The van der Waals surface area contributed by atoms with Crippen LogP contribution in [0.25, 0.3) is 11.0 Å². The SMILES string of the molecule is CCOc1ccc(CC(=O)Nc2c(C(=O)c3ccc(Br)cc3)oc3ccccc23)cc1OCC. The van der Waals surface area contributed by atoms with Gasteiger partial charge in [0.25, 0.3) is 0 Å². The molecule has 174 valence electrons. The zero-order chi connectivity index (χ0) is 24.1. The molecule has 0 aliphatic carbocycles. The molecule has 1 N–H and O–H groups in total. The van der Waals surface area contributed by atoms with E-state index < -0.39 is 0 Å². The van der Waals surface area contributed by atoms with E-state index in [9.17, 15) is 9.59 Å². The number of ketones is 1. The summed E-state index contributed by atoms with van der Waals surface area (Å²) in [6, 6.07) is 19.7. The maximum Gasteiger partial charge on any atom is 0.230 e. The van der Waals surface area contributed by atoms with Crippen molar-refractivity contribution in [2.24, 2.45) is 0 Å². The van der Waals surface area contributed by atoms with E-state index in [0.29, 0.717) is 46.9 Å². The molecule has 3 aromatic carbocycles. The van der Waals surface area contributed by atoms with Crippen LogP contribution in [0.2, 0.25) is 0 Å². The molecule has 0 atom stereocenters. The molecule has 6 nitrogen and oxygen atoms in total. The topological polar surface area (TPSA) is 77.8 Å². The monoisotopic (exact) mass is 521 g/mol. The van der Waals surface area contributed by atoms with E-state index in [0.717, 1.165) is 10.0 Å². The average molecular weight is 522 g/mol. The van der Waals surface area contributed by atoms with Gasteiger partial charge in [-0.25, -0.2) is 0 Å². The number of carbonyl (C=O) groups excluding carboxylic acids is 2. The quantitative estimate of drug-likeness (QED) is 0.257. The highest BCUT2D eigenvalue weighted by Gasteiger charge is 2.23. The normalized spacial score (nSPS) is 10.8. The fraction of sp³-hybridized carbons (Fsp3) is 0.185. The Kier molecular flexibility index (Phi) is 7.33. The molecule has 0 bridgehead atoms. The van der Waals surface area contributed by atoms with E-state index in [1.54, 1.807) is 42.5 Å². The van der Waals surface area contributed by atoms with Gasteiger partial charge in [0, 0.05) is 15.4 Å². The van der Waals surface area contributed by atoms with Gasteiger partial charge in [-0.15, -0.1) is 0 Å². The molecule has 0 radical (unpaired) electrons. The lowest BCUT2D eigenvalue weighted by Crippen LogP contribution is -2.16. The fourth-order valence-electron chi connectivity index (χ4n) is 3.64. The van der Waals surface area contributed by atoms with Gasteiger partial charge in [0.05, 0.1) is 25.3 Å². The molecule has 0 unspecified atom stereocenters. The van der Waals surface area contributed by atoms with E-state index in [-0.39, 0.29) is 23.9 Å². The maximum atomic E-state index is 13.2. The highest BCUT2D eigenvalue weighted by molar-refractivity contribution is 9.10. The standard InChI is InChI=1S/C27H24BrNO5/c1-3-32-22-14-9-17(15-23(22)33-4-2)16-24(30)29-25-20-7-5-6-8-21(20)34-27(25)26(31)18-10-12-19(28)13-11-18/h5-15H,3-4,16H2,1-2H3,(H,29,30). The van der Waals surface area contributed by atoms with Crippen LogP contribution in [0.3, 0.4) is 0 Å². The van der Waals surface area contributed by atoms with Crippen molar-refractivity contribution < 1.29 is 23.5 Å². The van der Waals surface area contributed by atoms with Crippen molar-refractivity contribution in [1.82, 2.24) is 0 Å². The van der Waals surface area contributed by atoms with Crippen molar-refractivity contribution in [2.75, 3.05) is 18.5 Å². The van der Waals surface area contributed by atoms with Crippen molar-refractivity contribution in [3.8, 4) is 11.5 Å². The van der Waals surface area contributed by atoms with Crippen LogP contribution in [0.4, 0.5) is 5.69 Å². The molecule has 0 spiro atoms. The Bertz CT molecular complexity index is 1330. The minimum absolute atomic E-state index is 0.0951. The number of nitrogens with one attached hydrogen (secondary N) is 1. The van der Waals surface area contributed by atoms with E-state index in [1.165, 1.54) is 0 Å². The van der Waals surface area contributed by atoms with Crippen LogP contribution in [-0.2, 0) is 11.2 Å². The van der Waals surface area contributed by atoms with Gasteiger partial charge in [-0.1, -0.05) is 34.1 Å². The average Bonchev–Trinajstić information content (AvgIpc) is 3.19. The van der Waals surface area contributed by atoms with Gasteiger partial charge in [0.1, 0.15) is 5.58 Å². The predicted molar refractivity (Wildman–Crippen MR) is 135 cm³/mol. The van der Waals surface area contributed by atoms with Gasteiger partial charge >= 0.3 is 0 Å². The number of benzene rings is 3. The summed E-state index contributed by atoms with van der Waals surface area (Å²) in [5, 5.41) is 3.57. The molecular weight excluding hydrogens is 498 g/mol. The van der Waals surface area contributed by atoms with Gasteiger partial charge in [-0.3, -0.25) is 9.59 Å². The van der Waals surface area contributed by atoms with E-state index >= 15 is 0 Å². The van der Waals surface area contributed by atoms with Crippen LogP contribution in [0, 0.1) is 0 Å². The van der Waals surface area contributed by atoms with E-state index in [4.69, 9.17) is 13.9 Å². The van der Waals surface area contributed by atoms with Crippen LogP contribution in [-0.4, -0.2) is 24.9 Å². The molecule has 1 aromatic heterocycles. The highest BCUT2D eigenvalue weighted by Crippen LogP contribution is 2.33. The number of halogens is 1. The first-order valence-corrected chi connectivity index (χ1v) is 11.8. The largest absolute Gasteiger partial charge is 0.490 e. The molecule has 7 heteroatoms. The second-order valence-corrected chi connectivity index (χ2v) is 8.43. The molecule has 1 heterocycles. The Morgan fingerprint density at radius 1 is 0.912 bits per heavy atom. The summed E-state index contributed by atoms with van der Waals surface area (Å²) in [5.74, 6) is 0.742. The van der Waals surface area contributed by atoms with Crippen LogP contribution >= 0.6 is 15.9 Å². The number of rotatable bonds is 9. The lowest BCUT2D eigenvalue weighted by molar-refractivity contribution is -0.115. The lowest BCUT2D eigenvalue weighted by atomic mass is 10.1. The molecule has 0 saturated carbocycles. The van der Waals surface area contributed by atoms with Crippen molar-refractivity contribution >= 4 is 44.3 Å². The van der Waals surface area contributed by atoms with Crippen molar-refractivity contribution in [2.45, 2.75) is 20.3 Å². The Morgan fingerprint density at radius 2 is 1.62 bits per heavy atom. The number of carbonyl (C=O) groups is 2. The van der Waals surface area contributed by atoms with Gasteiger partial charge < -0.3 is 19.2 Å². The van der Waals surface area contributed by atoms with Crippen LogP contribution in [0.1, 0.15) is 35.5 Å². The number of hydrogen-bond donors (Lipinski definition) is 1. The zero-order valence-electron chi connectivity index (χ0n) is 18.9. The molecule has 0 fully saturated rings. The van der Waals surface area contributed by atoms with Gasteiger partial charge in [-0.2, -0.15) is 0 Å². The summed E-state index contributed by atoms with van der Waals surface area (Å²) in [5.41, 5.74) is 2.12. The molecule has 0 aliphatic rings. The summed E-state index contributed by atoms with van der Waals surface area (Å²) in [7, 11) is 0. The third kappa shape index (κ3) is 5.15. The van der Waals surface area contributed by atoms with Gasteiger partial charge in [0.15, 0.2) is 17.3 Å². The Hall–Kier alpha value is -3.58. The molecule has 34 heavy (non-hydrogen) atoms. The molecule has 1 amide bonds. The number of furan rings is 1. The Morgan fingerprint density at radius 3 is 2.35 bits per heavy atom. The number of hydrogen-bond acceptors (Lipinski definition) is 5. The summed E-state index contributed by atoms with van der Waals surface area (Å²) in [6.07, 6.45) is 0.0951. The zero-order valence-corrected chi connectivity index (χ0v) is 20.5. The first-order chi connectivity index (χ1) is 16.5. The maximum absolute atomic E-state index is 13.2. The summed E-state index contributed by atoms with van der Waals surface area (Å²) < 4.78 is 18.0. The van der Waals surface area contributed by atoms with Crippen molar-refractivity contribution in [3.63, 3.8) is 0 Å². The minimum atomic E-state index is -0.307. The third-order valence-electron chi connectivity index (χ3n) is 5.15. The Balaban J connectivity index is 1.62. The van der Waals surface area contributed by atoms with Gasteiger partial charge in [0.2, 0.25) is 11.7 Å². The molecule has 4 rings (SSSR count). The minimum Gasteiger partial charge on any atom is -0.490 e. The Labute approximate surface area is 206 Å². The molecule has 0 aliphatic heterocycles. The summed E-state index contributed by atoms with van der Waals surface area (Å²) in [6.45, 7) is 4.80. The first-order valence-electron chi connectivity index (χ1n) is 11.0. The number of fused-ring (bicyclic) bond motifs is 1. The van der Waals surface area contributed by atoms with Gasteiger partial charge in [-0.05, 0) is 67.9 Å². The number of ether oxygens (including phenoxy) is 2. The number of anilines is 1. The highest BCUT2D eigenvalue weighted by atomic mass is 79.9. The predicted octanol–water partition coefficient (Wildman–Crippen LogP) is 6.40. The third-order valence-corrected chi connectivity index (χ3v) is 5.67. The second-order valence-electron chi connectivity index (χ2n) is 7.51. The molecular formula is C27H24BrNO5. The van der Waals surface area contributed by atoms with E-state index in [2.05, 4.69) is 21.2 Å². The van der Waals surface area contributed by atoms with Crippen LogP contribution in [0.5, 0.6) is 11.5 Å². The molecule has 4 aromatic rings. The number of amides is 1. The smallest absolute Gasteiger partial charge is 0.230 e. The van der Waals surface area contributed by atoms with Crippen LogP contribution < -0.4 is 14.8 Å². The van der Waals surface area contributed by atoms with E-state index in [1.807, 2.05) is 38.1 Å². The first kappa shape index (κ1) is 23.6. The number of para-hydroxylation sites is 1. The van der Waals surface area contributed by atoms with Crippen molar-refractivity contribution in [3.05, 3.63) is 88.1 Å². The summed E-state index contributed by atoms with van der Waals surface area (Å²) in [4.78, 5) is 26.2. The molecule has 0 saturated heterocycles. The fourth-order valence-corrected chi connectivity index (χ4v) is 3.90.